The minimum atomic E-state index is 1.05. The first-order valence-electron chi connectivity index (χ1n) is 8.41. The minimum Gasteiger partial charge on any atom is -0.310 e. The molecule has 1 aromatic heterocycles. The van der Waals surface area contributed by atoms with E-state index < -0.39 is 0 Å². The van der Waals surface area contributed by atoms with Crippen LogP contribution in [-0.2, 0) is 0 Å². The van der Waals surface area contributed by atoms with Crippen molar-refractivity contribution in [2.75, 3.05) is 0 Å². The third-order valence-electron chi connectivity index (χ3n) is 3.24. The molecule has 2 aromatic rings. The van der Waals surface area contributed by atoms with Crippen molar-refractivity contribution < 1.29 is 0 Å². The minimum absolute atomic E-state index is 1.05. The maximum Gasteiger partial charge on any atom is 0.0531 e. The van der Waals surface area contributed by atoms with Gasteiger partial charge in [0.1, 0.15) is 0 Å². The standard InChI is InChI=1S/C18H19N.2C2H6/c1-5-10-17-14(3)15(4)18(11-6-2)19(17)16-12-8-7-9-13-16;2*1-2/h5-13H,1,3H2,2,4H3;2*1-2H3/b11-6-,17-10+;;. The molecule has 2 rings (SSSR count). The highest BCUT2D eigenvalue weighted by molar-refractivity contribution is 5.57. The Labute approximate surface area is 142 Å². The van der Waals surface area contributed by atoms with Crippen LogP contribution in [0.1, 0.15) is 45.9 Å². The number of hydrogen-bond donors (Lipinski definition) is 0. The van der Waals surface area contributed by atoms with Gasteiger partial charge in [-0.05, 0) is 48.9 Å². The van der Waals surface area contributed by atoms with Crippen LogP contribution in [0.15, 0.2) is 49.1 Å². The van der Waals surface area contributed by atoms with Crippen LogP contribution in [0.2, 0.25) is 0 Å². The van der Waals surface area contributed by atoms with E-state index in [1.807, 2.05) is 65.0 Å². The molecule has 0 atom stereocenters. The zero-order valence-electron chi connectivity index (χ0n) is 15.6. The molecular weight excluding hydrogens is 278 g/mol. The van der Waals surface area contributed by atoms with E-state index in [2.05, 4.69) is 48.9 Å². The number of rotatable bonds is 3. The summed E-state index contributed by atoms with van der Waals surface area (Å²) < 4.78 is 2.22. The summed E-state index contributed by atoms with van der Waals surface area (Å²) in [5, 5.41) is 2.14. The number of hydrogen-bond acceptors (Lipinski definition) is 0. The van der Waals surface area contributed by atoms with Gasteiger partial charge < -0.3 is 4.57 Å². The van der Waals surface area contributed by atoms with Gasteiger partial charge in [0.15, 0.2) is 0 Å². The van der Waals surface area contributed by atoms with E-state index in [0.717, 1.165) is 16.3 Å². The number of nitrogens with zero attached hydrogens (tertiary/aromatic N) is 1. The molecule has 0 unspecified atom stereocenters. The summed E-state index contributed by atoms with van der Waals surface area (Å²) in [5.74, 6) is 0. The summed E-state index contributed by atoms with van der Waals surface area (Å²) in [5.41, 5.74) is 3.52. The van der Waals surface area contributed by atoms with Crippen molar-refractivity contribution in [1.82, 2.24) is 4.57 Å². The van der Waals surface area contributed by atoms with Gasteiger partial charge in [-0.25, -0.2) is 0 Å². The summed E-state index contributed by atoms with van der Waals surface area (Å²) in [6, 6.07) is 10.3. The lowest BCUT2D eigenvalue weighted by Crippen LogP contribution is -2.27. The Bertz CT molecular complexity index is 716. The molecule has 23 heavy (non-hydrogen) atoms. The summed E-state index contributed by atoms with van der Waals surface area (Å²) in [6.45, 7) is 20.1. The molecule has 1 nitrogen and oxygen atoms in total. The SMILES string of the molecule is C=C/C=c1\c(=C)c(C)c(/C=C\C)n1-c1ccccc1.CC.CC. The average Bonchev–Trinajstić information content (AvgIpc) is 2.85. The van der Waals surface area contributed by atoms with Crippen LogP contribution in [-0.4, -0.2) is 4.57 Å². The first-order chi connectivity index (χ1) is 11.2. The Kier molecular flexibility index (Phi) is 10.2. The van der Waals surface area contributed by atoms with E-state index in [4.69, 9.17) is 0 Å². The molecule has 124 valence electrons. The second-order valence-electron chi connectivity index (χ2n) is 4.45. The largest absolute Gasteiger partial charge is 0.310 e. The van der Waals surface area contributed by atoms with Gasteiger partial charge in [-0.2, -0.15) is 0 Å². The molecule has 0 N–H and O–H groups in total. The molecule has 1 heterocycles. The summed E-state index contributed by atoms with van der Waals surface area (Å²) in [7, 11) is 0. The van der Waals surface area contributed by atoms with E-state index >= 15 is 0 Å². The predicted molar refractivity (Wildman–Crippen MR) is 107 cm³/mol. The fourth-order valence-electron chi connectivity index (χ4n) is 2.28. The van der Waals surface area contributed by atoms with Crippen molar-refractivity contribution in [2.24, 2.45) is 0 Å². The van der Waals surface area contributed by atoms with Gasteiger partial charge in [0.25, 0.3) is 0 Å². The molecule has 1 heteroatoms. The monoisotopic (exact) mass is 309 g/mol. The Hall–Kier alpha value is -2.28. The Morgan fingerprint density at radius 3 is 2.04 bits per heavy atom. The van der Waals surface area contributed by atoms with Crippen LogP contribution in [0.4, 0.5) is 0 Å². The topological polar surface area (TPSA) is 4.93 Å². The summed E-state index contributed by atoms with van der Waals surface area (Å²) in [4.78, 5) is 0. The zero-order chi connectivity index (χ0) is 17.8. The maximum absolute atomic E-state index is 4.19. The fraction of sp³-hybridized carbons (Fsp3) is 0.273. The smallest absolute Gasteiger partial charge is 0.0531 e. The normalized spacial score (nSPS) is 10.6. The van der Waals surface area contributed by atoms with Gasteiger partial charge in [0, 0.05) is 11.4 Å². The molecule has 0 fully saturated rings. The number of para-hydroxylation sites is 1. The van der Waals surface area contributed by atoms with Crippen molar-refractivity contribution >= 4 is 18.7 Å². The highest BCUT2D eigenvalue weighted by atomic mass is 15.0. The molecule has 0 aliphatic heterocycles. The van der Waals surface area contributed by atoms with Crippen LogP contribution in [0.3, 0.4) is 0 Å². The van der Waals surface area contributed by atoms with Gasteiger partial charge in [-0.3, -0.25) is 0 Å². The van der Waals surface area contributed by atoms with Gasteiger partial charge in [0.2, 0.25) is 0 Å². The lowest BCUT2D eigenvalue weighted by atomic mass is 10.2. The molecule has 0 saturated heterocycles. The van der Waals surface area contributed by atoms with Gasteiger partial charge in [-0.15, -0.1) is 0 Å². The lowest BCUT2D eigenvalue weighted by molar-refractivity contribution is 1.01. The first-order valence-corrected chi connectivity index (χ1v) is 8.41. The quantitative estimate of drug-likeness (QED) is 0.730. The fourth-order valence-corrected chi connectivity index (χ4v) is 2.28. The van der Waals surface area contributed by atoms with Crippen LogP contribution >= 0.6 is 0 Å². The maximum atomic E-state index is 4.19. The van der Waals surface area contributed by atoms with Crippen molar-refractivity contribution in [1.29, 1.82) is 0 Å². The lowest BCUT2D eigenvalue weighted by Gasteiger charge is -2.08. The second-order valence-corrected chi connectivity index (χ2v) is 4.45. The molecule has 0 aliphatic carbocycles. The summed E-state index contributed by atoms with van der Waals surface area (Å²) in [6.07, 6.45) is 7.99. The van der Waals surface area contributed by atoms with Crippen molar-refractivity contribution in [3.05, 3.63) is 70.9 Å². The van der Waals surface area contributed by atoms with Gasteiger partial charge in [-0.1, -0.05) is 71.2 Å². The third-order valence-corrected chi connectivity index (χ3v) is 3.24. The Morgan fingerprint density at radius 2 is 1.57 bits per heavy atom. The van der Waals surface area contributed by atoms with E-state index in [-0.39, 0.29) is 0 Å². The Morgan fingerprint density at radius 1 is 1.00 bits per heavy atom. The molecule has 1 aromatic carbocycles. The van der Waals surface area contributed by atoms with E-state index in [1.165, 1.54) is 11.3 Å². The predicted octanol–water partition coefficient (Wildman–Crippen LogP) is 5.25. The first kappa shape index (κ1) is 20.7. The molecule has 0 spiro atoms. The Balaban J connectivity index is 0.00000112. The van der Waals surface area contributed by atoms with Gasteiger partial charge >= 0.3 is 0 Å². The highest BCUT2D eigenvalue weighted by Crippen LogP contribution is 2.12. The second kappa shape index (κ2) is 11.3. The molecule has 0 aliphatic rings. The molecule has 0 saturated carbocycles. The van der Waals surface area contributed by atoms with E-state index in [9.17, 15) is 0 Å². The number of allylic oxidation sites excluding steroid dienone is 2. The van der Waals surface area contributed by atoms with Crippen LogP contribution < -0.4 is 10.6 Å². The van der Waals surface area contributed by atoms with E-state index in [1.54, 1.807) is 0 Å². The third kappa shape index (κ3) is 4.85. The van der Waals surface area contributed by atoms with Crippen LogP contribution in [0.5, 0.6) is 0 Å². The highest BCUT2D eigenvalue weighted by Gasteiger charge is 2.09. The van der Waals surface area contributed by atoms with Gasteiger partial charge in [0.05, 0.1) is 5.35 Å². The molecule has 0 bridgehead atoms. The molecule has 0 radical (unpaired) electrons. The number of benzene rings is 1. The zero-order valence-corrected chi connectivity index (χ0v) is 15.6. The van der Waals surface area contributed by atoms with Crippen LogP contribution in [0, 0.1) is 6.92 Å². The molecular formula is C22H31N. The molecule has 0 amide bonds. The van der Waals surface area contributed by atoms with Crippen LogP contribution in [0.25, 0.3) is 24.4 Å². The van der Waals surface area contributed by atoms with Crippen molar-refractivity contribution in [2.45, 2.75) is 41.5 Å². The average molecular weight is 309 g/mol. The van der Waals surface area contributed by atoms with Crippen molar-refractivity contribution in [3.63, 3.8) is 0 Å². The van der Waals surface area contributed by atoms with E-state index in [0.29, 0.717) is 0 Å². The summed E-state index contributed by atoms with van der Waals surface area (Å²) >= 11 is 0. The van der Waals surface area contributed by atoms with Crippen molar-refractivity contribution in [3.8, 4) is 5.69 Å². The number of aromatic nitrogens is 1.